The van der Waals surface area contributed by atoms with Crippen LogP contribution in [0.3, 0.4) is 0 Å². The van der Waals surface area contributed by atoms with Crippen molar-refractivity contribution in [3.63, 3.8) is 0 Å². The highest BCUT2D eigenvalue weighted by molar-refractivity contribution is 7.92. The van der Waals surface area contributed by atoms with E-state index in [-0.39, 0.29) is 30.4 Å². The number of sulfone groups is 1. The Morgan fingerprint density at radius 2 is 1.75 bits per heavy atom. The quantitative estimate of drug-likeness (QED) is 0.806. The molecule has 2 bridgehead atoms. The van der Waals surface area contributed by atoms with Gasteiger partial charge >= 0.3 is 0 Å². The van der Waals surface area contributed by atoms with Gasteiger partial charge in [-0.25, -0.2) is 8.42 Å². The fraction of sp³-hybridized carbons (Fsp3) is 0.923. The third-order valence-corrected chi connectivity index (χ3v) is 6.20. The molecule has 0 aliphatic heterocycles. The van der Waals surface area contributed by atoms with E-state index < -0.39 is 15.1 Å². The zero-order chi connectivity index (χ0) is 14.2. The topological polar surface area (TPSA) is 89.3 Å². The van der Waals surface area contributed by atoms with Crippen molar-refractivity contribution < 1.29 is 13.2 Å². The van der Waals surface area contributed by atoms with Crippen molar-refractivity contribution in [2.24, 2.45) is 17.6 Å². The van der Waals surface area contributed by atoms with Crippen LogP contribution in [0.25, 0.3) is 0 Å². The first kappa shape index (κ1) is 17.7. The summed E-state index contributed by atoms with van der Waals surface area (Å²) in [6.45, 7) is 1.45. The smallest absolute Gasteiger partial charge is 0.238 e. The summed E-state index contributed by atoms with van der Waals surface area (Å²) in [6.07, 6.45) is 6.35. The second-order valence-corrected chi connectivity index (χ2v) is 8.55. The van der Waals surface area contributed by atoms with Gasteiger partial charge in [-0.15, -0.1) is 12.4 Å². The molecule has 2 fully saturated rings. The van der Waals surface area contributed by atoms with E-state index in [2.05, 4.69) is 5.32 Å². The lowest BCUT2D eigenvalue weighted by molar-refractivity contribution is -0.122. The van der Waals surface area contributed by atoms with Gasteiger partial charge in [0.1, 0.15) is 5.25 Å². The number of hydrogen-bond donors (Lipinski definition) is 2. The number of hydrogen-bond acceptors (Lipinski definition) is 4. The summed E-state index contributed by atoms with van der Waals surface area (Å²) in [5, 5.41) is 2.01. The summed E-state index contributed by atoms with van der Waals surface area (Å²) in [7, 11) is -3.32. The zero-order valence-electron chi connectivity index (χ0n) is 12.0. The Hall–Kier alpha value is -0.330. The zero-order valence-corrected chi connectivity index (χ0v) is 13.7. The van der Waals surface area contributed by atoms with Gasteiger partial charge in [0.2, 0.25) is 5.91 Å². The number of carbonyl (C=O) groups is 1. The maximum Gasteiger partial charge on any atom is 0.238 e. The van der Waals surface area contributed by atoms with Crippen molar-refractivity contribution >= 4 is 28.2 Å². The first-order valence-electron chi connectivity index (χ1n) is 7.04. The van der Waals surface area contributed by atoms with Crippen molar-refractivity contribution in [3.8, 4) is 0 Å². The Morgan fingerprint density at radius 1 is 1.25 bits per heavy atom. The van der Waals surface area contributed by atoms with E-state index in [1.165, 1.54) is 13.3 Å². The van der Waals surface area contributed by atoms with Crippen LogP contribution in [0.1, 0.15) is 39.0 Å². The highest BCUT2D eigenvalue weighted by Crippen LogP contribution is 2.39. The average molecular weight is 325 g/mol. The normalized spacial score (nSPS) is 34.8. The van der Waals surface area contributed by atoms with Gasteiger partial charge in [-0.2, -0.15) is 0 Å². The Kier molecular flexibility index (Phi) is 5.87. The molecule has 118 valence electrons. The summed E-state index contributed by atoms with van der Waals surface area (Å²) in [5.74, 6) is 0.469. The third kappa shape index (κ3) is 3.86. The van der Waals surface area contributed by atoms with Crippen LogP contribution >= 0.6 is 12.4 Å². The lowest BCUT2D eigenvalue weighted by Crippen LogP contribution is -2.55. The van der Waals surface area contributed by atoms with Crippen LogP contribution in [0.5, 0.6) is 0 Å². The van der Waals surface area contributed by atoms with Crippen LogP contribution in [0.2, 0.25) is 0 Å². The molecule has 3 unspecified atom stereocenters. The monoisotopic (exact) mass is 324 g/mol. The molecule has 3 N–H and O–H groups in total. The van der Waals surface area contributed by atoms with Gasteiger partial charge < -0.3 is 11.1 Å². The second-order valence-electron chi connectivity index (χ2n) is 6.19. The third-order valence-electron chi connectivity index (χ3n) is 4.70. The number of fused-ring (bicyclic) bond motifs is 2. The van der Waals surface area contributed by atoms with Crippen LogP contribution in [0.4, 0.5) is 0 Å². The van der Waals surface area contributed by atoms with Crippen molar-refractivity contribution in [1.29, 1.82) is 0 Å². The maximum absolute atomic E-state index is 12.0. The summed E-state index contributed by atoms with van der Waals surface area (Å²) < 4.78 is 22.9. The van der Waals surface area contributed by atoms with E-state index in [1.54, 1.807) is 0 Å². The molecule has 3 atom stereocenters. The molecule has 7 heteroatoms. The lowest BCUT2D eigenvalue weighted by Gasteiger charge is -2.45. The first-order valence-corrected chi connectivity index (χ1v) is 8.99. The molecule has 0 aromatic carbocycles. The fourth-order valence-electron chi connectivity index (χ4n) is 3.50. The molecule has 2 aliphatic carbocycles. The minimum atomic E-state index is -3.32. The standard InChI is InChI=1S/C13H24N2O3S.ClH/c1-8(19(2,17)18)13(16)15-12-9-4-3-5-10(12)7-11(14)6-9;/h8-12H,3-7,14H2,1-2H3,(H,15,16);1H. The fourth-order valence-corrected chi connectivity index (χ4v) is 3.96. The number of carbonyl (C=O) groups excluding carboxylic acids is 1. The Bertz CT molecular complexity index is 441. The molecule has 0 aromatic heterocycles. The molecule has 0 heterocycles. The molecule has 0 radical (unpaired) electrons. The number of amides is 1. The highest BCUT2D eigenvalue weighted by Gasteiger charge is 2.40. The van der Waals surface area contributed by atoms with E-state index in [0.29, 0.717) is 11.8 Å². The Balaban J connectivity index is 0.00000200. The Morgan fingerprint density at radius 3 is 2.20 bits per heavy atom. The largest absolute Gasteiger partial charge is 0.352 e. The molecule has 2 aliphatic rings. The summed E-state index contributed by atoms with van der Waals surface area (Å²) in [6, 6.07) is 0.348. The molecular formula is C13H25ClN2O3S. The molecule has 0 saturated heterocycles. The van der Waals surface area contributed by atoms with Crippen molar-refractivity contribution in [2.75, 3.05) is 6.26 Å². The van der Waals surface area contributed by atoms with E-state index >= 15 is 0 Å². The minimum Gasteiger partial charge on any atom is -0.352 e. The van der Waals surface area contributed by atoms with Crippen molar-refractivity contribution in [2.45, 2.75) is 56.4 Å². The van der Waals surface area contributed by atoms with Crippen LogP contribution in [0.15, 0.2) is 0 Å². The molecule has 0 spiro atoms. The minimum absolute atomic E-state index is 0. The molecular weight excluding hydrogens is 300 g/mol. The van der Waals surface area contributed by atoms with E-state index in [4.69, 9.17) is 5.73 Å². The highest BCUT2D eigenvalue weighted by atomic mass is 35.5. The van der Waals surface area contributed by atoms with Crippen LogP contribution in [-0.2, 0) is 14.6 Å². The number of nitrogens with two attached hydrogens (primary N) is 1. The SMILES string of the molecule is CC(C(=O)NC1C2CCCC1CC(N)C2)S(C)(=O)=O.Cl. The first-order chi connectivity index (χ1) is 8.79. The van der Waals surface area contributed by atoms with Crippen LogP contribution < -0.4 is 11.1 Å². The van der Waals surface area contributed by atoms with Gasteiger partial charge in [-0.3, -0.25) is 4.79 Å². The van der Waals surface area contributed by atoms with Crippen LogP contribution in [0, 0.1) is 11.8 Å². The Labute approximate surface area is 127 Å². The number of rotatable bonds is 3. The second kappa shape index (κ2) is 6.62. The summed E-state index contributed by atoms with van der Waals surface area (Å²) in [4.78, 5) is 12.0. The van der Waals surface area contributed by atoms with Crippen molar-refractivity contribution in [3.05, 3.63) is 0 Å². The van der Waals surface area contributed by atoms with E-state index in [9.17, 15) is 13.2 Å². The van der Waals surface area contributed by atoms with Gasteiger partial charge in [-0.05, 0) is 44.4 Å². The van der Waals surface area contributed by atoms with Crippen molar-refractivity contribution in [1.82, 2.24) is 5.32 Å². The van der Waals surface area contributed by atoms with Crippen LogP contribution in [-0.4, -0.2) is 37.9 Å². The molecule has 0 aromatic rings. The predicted molar refractivity (Wildman–Crippen MR) is 81.5 cm³/mol. The van der Waals surface area contributed by atoms with Gasteiger partial charge in [0.25, 0.3) is 0 Å². The van der Waals surface area contributed by atoms with Gasteiger partial charge in [0.05, 0.1) is 0 Å². The predicted octanol–water partition coefficient (Wildman–Crippen LogP) is 0.863. The molecule has 20 heavy (non-hydrogen) atoms. The van der Waals surface area contributed by atoms with Gasteiger partial charge in [-0.1, -0.05) is 6.42 Å². The molecule has 2 saturated carbocycles. The molecule has 5 nitrogen and oxygen atoms in total. The van der Waals surface area contributed by atoms with Gasteiger partial charge in [0, 0.05) is 18.3 Å². The summed E-state index contributed by atoms with van der Waals surface area (Å²) >= 11 is 0. The van der Waals surface area contributed by atoms with E-state index in [1.807, 2.05) is 0 Å². The number of halogens is 1. The molecule has 1 amide bonds. The van der Waals surface area contributed by atoms with E-state index in [0.717, 1.165) is 31.9 Å². The summed E-state index contributed by atoms with van der Waals surface area (Å²) in [5.41, 5.74) is 6.04. The number of nitrogens with one attached hydrogen (secondary N) is 1. The maximum atomic E-state index is 12.0. The van der Waals surface area contributed by atoms with Gasteiger partial charge in [0.15, 0.2) is 9.84 Å². The lowest BCUT2D eigenvalue weighted by atomic mass is 9.67. The average Bonchev–Trinajstić information content (AvgIpc) is 2.28. The molecule has 2 rings (SSSR count).